The summed E-state index contributed by atoms with van der Waals surface area (Å²) in [6, 6.07) is -0.205. The second-order valence-corrected chi connectivity index (χ2v) is 49.0. The summed E-state index contributed by atoms with van der Waals surface area (Å²) in [6.45, 7) is 27.7. The van der Waals surface area contributed by atoms with Crippen LogP contribution in [0.25, 0.3) is 0 Å². The topological polar surface area (TPSA) is 146 Å². The van der Waals surface area contributed by atoms with Gasteiger partial charge in [-0.2, -0.15) is 0 Å². The zero-order valence-corrected chi connectivity index (χ0v) is 99.6. The van der Waals surface area contributed by atoms with Crippen molar-refractivity contribution in [2.75, 3.05) is 27.3 Å². The molecule has 143 heavy (non-hydrogen) atoms. The number of hydrogen-bond acceptors (Lipinski definition) is 12. The molecule has 3 N–H and O–H groups in total. The smallest absolute Gasteiger partial charge is 0.311 e. The quantitative estimate of drug-likeness (QED) is 0.0394. The van der Waals surface area contributed by atoms with Gasteiger partial charge in [0.1, 0.15) is 17.8 Å². The number of carbonyl (C=O) groups is 1. The van der Waals surface area contributed by atoms with Crippen LogP contribution in [0.2, 0.25) is 0 Å². The van der Waals surface area contributed by atoms with E-state index in [0.29, 0.717) is 45.3 Å². The van der Waals surface area contributed by atoms with E-state index in [-0.39, 0.29) is 12.1 Å². The standard InChI is InChI=1S/C131H259NO11/c1-16-21-23-25-27-29-31-33-35-37-39-41-43-45-47-49-51-53-55-57-59-61-63-65-67-68-70-72-74-76-78-80-82-84-86-88-90-92-94-96-98-100-102-104-106-108-111-137-120(19-4)131(13,136)121(20-5)141-127(135)117(8)124(142-122-114-129(10,11)125(134)118(9)140-122)116(7)126(143-128-123(133)119(132(14)15)113-115(6)139-128)130(12,110-18-3)138-112-109-107-105-103-101-99-97-95-93-91-89-87-85-83-81-79-77-75-73-71-69-66-64-62-60-58-56-54-52-50-48-46-44-42-40-38-36-34-32-30-28-26-24-22-17-2/h115-126,128,133-134,136H,16-114H2,1-15H3/t115?,116-,117+,118?,119?,120+,121+,122?,123?,124-,125?,126+,128?,130+,131-/m0/s1. The van der Waals surface area contributed by atoms with Crippen LogP contribution < -0.4 is 0 Å². The summed E-state index contributed by atoms with van der Waals surface area (Å²) >= 11 is 0. The van der Waals surface area contributed by atoms with Crippen molar-refractivity contribution in [3.8, 4) is 0 Å². The minimum absolute atomic E-state index is 0.185. The molecule has 2 heterocycles. The molecule has 15 atom stereocenters. The van der Waals surface area contributed by atoms with E-state index in [1.807, 2.05) is 62.6 Å². The van der Waals surface area contributed by atoms with Crippen LogP contribution in [0.5, 0.6) is 0 Å². The van der Waals surface area contributed by atoms with Gasteiger partial charge < -0.3 is 53.4 Å². The molecule has 0 spiro atoms. The third-order valence-electron chi connectivity index (χ3n) is 34.2. The second kappa shape index (κ2) is 98.0. The minimum Gasteiger partial charge on any atom is -0.459 e. The highest BCUT2D eigenvalue weighted by Gasteiger charge is 2.52. The van der Waals surface area contributed by atoms with E-state index in [1.54, 1.807) is 6.92 Å². The fraction of sp³-hybridized carbons (Fsp3) is 0.992. The lowest BCUT2D eigenvalue weighted by atomic mass is 9.77. The monoisotopic (exact) mass is 2020 g/mol. The van der Waals surface area contributed by atoms with Crippen molar-refractivity contribution in [2.45, 2.75) is 791 Å². The maximum absolute atomic E-state index is 15.2. The molecule has 7 unspecified atom stereocenters. The third kappa shape index (κ3) is 75.5. The van der Waals surface area contributed by atoms with Crippen molar-refractivity contribution >= 4 is 5.97 Å². The van der Waals surface area contributed by atoms with Crippen molar-refractivity contribution < 1.29 is 53.3 Å². The molecule has 0 aliphatic carbocycles. The Hall–Kier alpha value is -0.930. The van der Waals surface area contributed by atoms with Gasteiger partial charge in [-0.3, -0.25) is 4.79 Å². The molecule has 12 heteroatoms. The van der Waals surface area contributed by atoms with Crippen LogP contribution >= 0.6 is 0 Å². The molecule has 2 fully saturated rings. The number of rotatable bonds is 112. The molecular weight excluding hydrogens is 1760 g/mol. The largest absolute Gasteiger partial charge is 0.459 e. The van der Waals surface area contributed by atoms with Gasteiger partial charge in [0.2, 0.25) is 0 Å². The van der Waals surface area contributed by atoms with Crippen LogP contribution in [0.15, 0.2) is 0 Å². The predicted octanol–water partition coefficient (Wildman–Crippen LogP) is 41.0. The lowest BCUT2D eigenvalue weighted by Gasteiger charge is -2.49. The number of esters is 1. The highest BCUT2D eigenvalue weighted by atomic mass is 16.7. The van der Waals surface area contributed by atoms with Crippen LogP contribution in [0, 0.1) is 17.3 Å². The summed E-state index contributed by atoms with van der Waals surface area (Å²) in [5.41, 5.74) is -2.90. The Morgan fingerprint density at radius 1 is 0.357 bits per heavy atom. The number of ether oxygens (including phenoxy) is 7. The lowest BCUT2D eigenvalue weighted by molar-refractivity contribution is -0.315. The van der Waals surface area contributed by atoms with E-state index >= 15 is 4.79 Å². The van der Waals surface area contributed by atoms with Crippen LogP contribution in [0.3, 0.4) is 0 Å². The molecule has 0 aromatic rings. The number of aliphatic hydroxyl groups excluding tert-OH is 2. The number of nitrogens with zero attached hydrogens (tertiary/aromatic N) is 1. The maximum atomic E-state index is 15.2. The van der Waals surface area contributed by atoms with Gasteiger partial charge in [-0.1, -0.05) is 633 Å². The minimum atomic E-state index is -1.47. The number of aliphatic hydroxyl groups is 3. The molecule has 0 amide bonds. The van der Waals surface area contributed by atoms with E-state index < -0.39 is 89.7 Å². The van der Waals surface area contributed by atoms with Crippen LogP contribution in [-0.2, 0) is 38.0 Å². The first-order valence-electron chi connectivity index (χ1n) is 65.5. The van der Waals surface area contributed by atoms with Gasteiger partial charge >= 0.3 is 5.97 Å². The van der Waals surface area contributed by atoms with Crippen LogP contribution in [0.1, 0.15) is 713 Å². The summed E-state index contributed by atoms with van der Waals surface area (Å²) in [5.74, 6) is -1.92. The first kappa shape index (κ1) is 138. The summed E-state index contributed by atoms with van der Waals surface area (Å²) in [6.07, 6.45) is 125. The van der Waals surface area contributed by atoms with Crippen molar-refractivity contribution in [1.29, 1.82) is 0 Å². The van der Waals surface area contributed by atoms with Crippen LogP contribution in [-0.4, -0.2) is 132 Å². The van der Waals surface area contributed by atoms with Gasteiger partial charge in [0.15, 0.2) is 12.6 Å². The Bertz CT molecular complexity index is 2610. The van der Waals surface area contributed by atoms with E-state index in [2.05, 4.69) is 39.5 Å². The summed E-state index contributed by atoms with van der Waals surface area (Å²) < 4.78 is 47.9. The summed E-state index contributed by atoms with van der Waals surface area (Å²) in [7, 11) is 3.99. The Morgan fingerprint density at radius 3 is 0.846 bits per heavy atom. The SMILES string of the molecule is CCCCCCCCCCCCCCCCCCCCCCCCCCCCCCCCCCCCCCCCCCCCCCCCO[C@H](CC)[C@](C)(O)[C@@H](CC)OC(=O)[C@H](C)[C@@H](OC1CC(C)(C)C(O)C(C)O1)[C@H](C)[C@@H](OC1OC(C)CC(N(C)C)C1O)[C@@](C)(CCC)OCCCCCCCCCCCCCCCCCCCCCCCCCCCCCCCCCCCCCCCCCCCCCCC. The van der Waals surface area contributed by atoms with E-state index in [1.165, 1.54) is 559 Å². The normalized spacial score (nSPS) is 19.5. The molecule has 0 radical (unpaired) electrons. The van der Waals surface area contributed by atoms with E-state index in [4.69, 9.17) is 33.2 Å². The zero-order chi connectivity index (χ0) is 104. The summed E-state index contributed by atoms with van der Waals surface area (Å²) in [4.78, 5) is 17.3. The van der Waals surface area contributed by atoms with Gasteiger partial charge in [0.25, 0.3) is 0 Å². The Kier molecular flexibility index (Phi) is 94.6. The molecule has 2 saturated heterocycles. The molecule has 2 aliphatic heterocycles. The number of unbranched alkanes of at least 4 members (excludes halogenated alkanes) is 89. The second-order valence-electron chi connectivity index (χ2n) is 49.0. The van der Waals surface area contributed by atoms with Gasteiger partial charge in [-0.05, 0) is 92.7 Å². The van der Waals surface area contributed by atoms with Gasteiger partial charge in [-0.25, -0.2) is 0 Å². The number of hydrogen-bond donors (Lipinski definition) is 3. The zero-order valence-electron chi connectivity index (χ0n) is 99.6. The molecule has 2 aliphatic rings. The average Bonchev–Trinajstić information content (AvgIpc) is 0.775. The van der Waals surface area contributed by atoms with Crippen molar-refractivity contribution in [1.82, 2.24) is 4.90 Å². The predicted molar refractivity (Wildman–Crippen MR) is 621 cm³/mol. The molecule has 0 aromatic carbocycles. The molecule has 12 nitrogen and oxygen atoms in total. The first-order valence-corrected chi connectivity index (χ1v) is 65.5. The molecule has 0 bridgehead atoms. The maximum Gasteiger partial charge on any atom is 0.311 e. The van der Waals surface area contributed by atoms with Crippen molar-refractivity contribution in [3.05, 3.63) is 0 Å². The summed E-state index contributed by atoms with van der Waals surface area (Å²) in [5, 5.41) is 36.1. The van der Waals surface area contributed by atoms with Gasteiger partial charge in [0.05, 0.1) is 48.1 Å². The molecule has 854 valence electrons. The molecule has 2 rings (SSSR count). The van der Waals surface area contributed by atoms with Gasteiger partial charge in [0, 0.05) is 31.6 Å². The average molecular weight is 2020 g/mol. The van der Waals surface area contributed by atoms with E-state index in [0.717, 1.165) is 32.1 Å². The van der Waals surface area contributed by atoms with E-state index in [9.17, 15) is 15.3 Å². The van der Waals surface area contributed by atoms with Crippen LogP contribution in [0.4, 0.5) is 0 Å². The van der Waals surface area contributed by atoms with Crippen molar-refractivity contribution in [3.63, 3.8) is 0 Å². The fourth-order valence-corrected chi connectivity index (χ4v) is 24.3. The number of likely N-dealkylation sites (N-methyl/N-ethyl adjacent to an activating group) is 1. The highest BCUT2D eigenvalue weighted by molar-refractivity contribution is 5.73. The fourth-order valence-electron chi connectivity index (χ4n) is 24.3. The molecule has 0 aromatic heterocycles. The molecular formula is C131H259NO11. The first-order chi connectivity index (χ1) is 69.6. The molecule has 0 saturated carbocycles. The Balaban J connectivity index is 1.67. The Labute approximate surface area is 894 Å². The number of carbonyl (C=O) groups excluding carboxylic acids is 1. The van der Waals surface area contributed by atoms with Gasteiger partial charge in [-0.15, -0.1) is 0 Å². The Morgan fingerprint density at radius 2 is 0.608 bits per heavy atom. The highest BCUT2D eigenvalue weighted by Crippen LogP contribution is 2.43. The third-order valence-corrected chi connectivity index (χ3v) is 34.2. The van der Waals surface area contributed by atoms with Crippen molar-refractivity contribution in [2.24, 2.45) is 17.3 Å². The lowest BCUT2D eigenvalue weighted by Crippen LogP contribution is -2.60.